The van der Waals surface area contributed by atoms with Crippen LogP contribution in [-0.4, -0.2) is 25.2 Å². The first-order valence-corrected chi connectivity index (χ1v) is 7.29. The van der Waals surface area contributed by atoms with Gasteiger partial charge in [0.25, 0.3) is 0 Å². The summed E-state index contributed by atoms with van der Waals surface area (Å²) in [5.74, 6) is 0.495. The number of aryl methyl sites for hydroxylation is 1. The van der Waals surface area contributed by atoms with Gasteiger partial charge in [-0.3, -0.25) is 0 Å². The van der Waals surface area contributed by atoms with Gasteiger partial charge in [-0.2, -0.15) is 0 Å². The Morgan fingerprint density at radius 3 is 2.74 bits per heavy atom. The highest BCUT2D eigenvalue weighted by Gasteiger charge is 2.28. The van der Waals surface area contributed by atoms with E-state index in [0.717, 1.165) is 30.8 Å². The predicted octanol–water partition coefficient (Wildman–Crippen LogP) is 3.35. The second-order valence-corrected chi connectivity index (χ2v) is 5.91. The van der Waals surface area contributed by atoms with Gasteiger partial charge in [-0.05, 0) is 43.0 Å². The summed E-state index contributed by atoms with van der Waals surface area (Å²) in [5.41, 5.74) is 1.88. The van der Waals surface area contributed by atoms with E-state index in [-0.39, 0.29) is 5.82 Å². The van der Waals surface area contributed by atoms with Gasteiger partial charge in [-0.1, -0.05) is 20.8 Å². The van der Waals surface area contributed by atoms with E-state index in [1.807, 2.05) is 19.1 Å². The monoisotopic (exact) mass is 264 g/mol. The summed E-state index contributed by atoms with van der Waals surface area (Å²) in [4.78, 5) is 2.44. The summed E-state index contributed by atoms with van der Waals surface area (Å²) in [6.45, 7) is 10.6. The van der Waals surface area contributed by atoms with Gasteiger partial charge in [0.1, 0.15) is 5.82 Å². The molecule has 1 heterocycles. The average Bonchev–Trinajstić information content (AvgIpc) is 2.41. The van der Waals surface area contributed by atoms with Crippen molar-refractivity contribution < 1.29 is 4.39 Å². The average molecular weight is 264 g/mol. The first-order valence-electron chi connectivity index (χ1n) is 7.29. The Morgan fingerprint density at radius 2 is 2.16 bits per heavy atom. The molecule has 0 aliphatic carbocycles. The molecular formula is C16H25FN2. The minimum atomic E-state index is -0.118. The van der Waals surface area contributed by atoms with Crippen LogP contribution in [0.25, 0.3) is 0 Å². The summed E-state index contributed by atoms with van der Waals surface area (Å²) in [5, 5.41) is 3.63. The van der Waals surface area contributed by atoms with Gasteiger partial charge in [0.05, 0.1) is 0 Å². The number of hydrogen-bond acceptors (Lipinski definition) is 2. The first kappa shape index (κ1) is 14.3. The predicted molar refractivity (Wildman–Crippen MR) is 79.2 cm³/mol. The van der Waals surface area contributed by atoms with Crippen LogP contribution in [0.1, 0.15) is 32.8 Å². The standard InChI is InChI=1S/C16H25FN2/c1-5-13-9-18-16(11(2)3)10-19(13)14-6-7-15(17)12(4)8-14/h6-8,11,13,16,18H,5,9-10H2,1-4H3. The molecule has 1 N–H and O–H groups in total. The van der Waals surface area contributed by atoms with Crippen molar-refractivity contribution in [3.63, 3.8) is 0 Å². The van der Waals surface area contributed by atoms with Crippen molar-refractivity contribution in [3.05, 3.63) is 29.6 Å². The van der Waals surface area contributed by atoms with Crippen molar-refractivity contribution in [2.24, 2.45) is 5.92 Å². The second kappa shape index (κ2) is 5.91. The quantitative estimate of drug-likeness (QED) is 0.900. The molecule has 106 valence electrons. The van der Waals surface area contributed by atoms with Crippen LogP contribution in [0.15, 0.2) is 18.2 Å². The van der Waals surface area contributed by atoms with Crippen molar-refractivity contribution >= 4 is 5.69 Å². The molecule has 3 heteroatoms. The van der Waals surface area contributed by atoms with Crippen molar-refractivity contribution in [1.82, 2.24) is 5.32 Å². The minimum Gasteiger partial charge on any atom is -0.366 e. The third-order valence-electron chi connectivity index (χ3n) is 4.20. The highest BCUT2D eigenvalue weighted by atomic mass is 19.1. The van der Waals surface area contributed by atoms with Gasteiger partial charge < -0.3 is 10.2 Å². The third-order valence-corrected chi connectivity index (χ3v) is 4.20. The molecule has 2 rings (SSSR count). The fourth-order valence-electron chi connectivity index (χ4n) is 2.76. The number of benzene rings is 1. The van der Waals surface area contributed by atoms with E-state index in [2.05, 4.69) is 31.0 Å². The van der Waals surface area contributed by atoms with E-state index in [0.29, 0.717) is 18.0 Å². The molecule has 1 aliphatic heterocycles. The van der Waals surface area contributed by atoms with E-state index < -0.39 is 0 Å². The zero-order valence-electron chi connectivity index (χ0n) is 12.4. The zero-order valence-corrected chi connectivity index (χ0v) is 12.4. The molecule has 0 amide bonds. The highest BCUT2D eigenvalue weighted by Crippen LogP contribution is 2.25. The van der Waals surface area contributed by atoms with E-state index in [4.69, 9.17) is 0 Å². The van der Waals surface area contributed by atoms with Crippen LogP contribution in [0.3, 0.4) is 0 Å². The number of piperazine rings is 1. The molecule has 1 saturated heterocycles. The van der Waals surface area contributed by atoms with Crippen LogP contribution in [0.4, 0.5) is 10.1 Å². The Morgan fingerprint density at radius 1 is 1.42 bits per heavy atom. The molecule has 1 fully saturated rings. The Balaban J connectivity index is 2.24. The van der Waals surface area contributed by atoms with Gasteiger partial charge in [0.15, 0.2) is 0 Å². The molecule has 2 nitrogen and oxygen atoms in total. The normalized spacial score (nSPS) is 24.0. The van der Waals surface area contributed by atoms with Crippen LogP contribution in [0.2, 0.25) is 0 Å². The molecular weight excluding hydrogens is 239 g/mol. The molecule has 0 bridgehead atoms. The lowest BCUT2D eigenvalue weighted by atomic mass is 9.97. The van der Waals surface area contributed by atoms with Crippen molar-refractivity contribution in [2.45, 2.75) is 46.2 Å². The van der Waals surface area contributed by atoms with Crippen LogP contribution < -0.4 is 10.2 Å². The summed E-state index contributed by atoms with van der Waals surface area (Å²) in [6.07, 6.45) is 1.11. The molecule has 1 aliphatic rings. The molecule has 19 heavy (non-hydrogen) atoms. The maximum atomic E-state index is 13.4. The summed E-state index contributed by atoms with van der Waals surface area (Å²) < 4.78 is 13.4. The smallest absolute Gasteiger partial charge is 0.126 e. The molecule has 2 atom stereocenters. The fraction of sp³-hybridized carbons (Fsp3) is 0.625. The number of halogens is 1. The number of anilines is 1. The van der Waals surface area contributed by atoms with E-state index in [1.54, 1.807) is 6.07 Å². The Kier molecular flexibility index (Phi) is 4.46. The largest absolute Gasteiger partial charge is 0.366 e. The zero-order chi connectivity index (χ0) is 14.0. The molecule has 0 aromatic heterocycles. The SMILES string of the molecule is CCC1CNC(C(C)C)CN1c1ccc(F)c(C)c1. The van der Waals surface area contributed by atoms with Gasteiger partial charge in [-0.15, -0.1) is 0 Å². The summed E-state index contributed by atoms with van der Waals surface area (Å²) in [7, 11) is 0. The topological polar surface area (TPSA) is 15.3 Å². The third kappa shape index (κ3) is 3.08. The molecule has 2 unspecified atom stereocenters. The highest BCUT2D eigenvalue weighted by molar-refractivity contribution is 5.50. The molecule has 0 spiro atoms. The minimum absolute atomic E-state index is 0.118. The molecule has 1 aromatic rings. The molecule has 0 radical (unpaired) electrons. The molecule has 1 aromatic carbocycles. The van der Waals surface area contributed by atoms with E-state index in [9.17, 15) is 4.39 Å². The van der Waals surface area contributed by atoms with Crippen LogP contribution in [0.5, 0.6) is 0 Å². The van der Waals surface area contributed by atoms with Crippen molar-refractivity contribution in [3.8, 4) is 0 Å². The van der Waals surface area contributed by atoms with Crippen LogP contribution in [-0.2, 0) is 0 Å². The van der Waals surface area contributed by atoms with E-state index >= 15 is 0 Å². The van der Waals surface area contributed by atoms with E-state index in [1.165, 1.54) is 0 Å². The second-order valence-electron chi connectivity index (χ2n) is 5.91. The lowest BCUT2D eigenvalue weighted by Crippen LogP contribution is -2.58. The number of hydrogen-bond donors (Lipinski definition) is 1. The van der Waals surface area contributed by atoms with Crippen LogP contribution in [0, 0.1) is 18.7 Å². The van der Waals surface area contributed by atoms with Gasteiger partial charge in [0, 0.05) is 30.9 Å². The Bertz CT molecular complexity index is 431. The van der Waals surface area contributed by atoms with Crippen LogP contribution >= 0.6 is 0 Å². The van der Waals surface area contributed by atoms with Gasteiger partial charge >= 0.3 is 0 Å². The summed E-state index contributed by atoms with van der Waals surface area (Å²) in [6, 6.07) is 6.48. The fourth-order valence-corrected chi connectivity index (χ4v) is 2.76. The number of nitrogens with zero attached hydrogens (tertiary/aromatic N) is 1. The van der Waals surface area contributed by atoms with Gasteiger partial charge in [-0.25, -0.2) is 4.39 Å². The van der Waals surface area contributed by atoms with Crippen molar-refractivity contribution in [1.29, 1.82) is 0 Å². The first-order chi connectivity index (χ1) is 9.02. The lowest BCUT2D eigenvalue weighted by molar-refractivity contribution is 0.325. The maximum Gasteiger partial charge on any atom is 0.126 e. The summed E-state index contributed by atoms with van der Waals surface area (Å²) >= 11 is 0. The Labute approximate surface area is 116 Å². The number of rotatable bonds is 3. The lowest BCUT2D eigenvalue weighted by Gasteiger charge is -2.43. The number of nitrogens with one attached hydrogen (secondary N) is 1. The molecule has 0 saturated carbocycles. The maximum absolute atomic E-state index is 13.4. The van der Waals surface area contributed by atoms with Crippen molar-refractivity contribution in [2.75, 3.05) is 18.0 Å². The Hall–Kier alpha value is -1.09. The van der Waals surface area contributed by atoms with Gasteiger partial charge in [0.2, 0.25) is 0 Å².